The first-order chi connectivity index (χ1) is 11.8. The van der Waals surface area contributed by atoms with Crippen LogP contribution in [0.5, 0.6) is 0 Å². The number of rotatable bonds is 0. The molecule has 2 fully saturated rings. The van der Waals surface area contributed by atoms with Gasteiger partial charge in [-0.25, -0.2) is 0 Å². The Kier molecular flexibility index (Phi) is 17.6. The minimum atomic E-state index is 0. The molecule has 2 aliphatic carbocycles. The molecule has 0 nitrogen and oxygen atoms in total. The number of hydrogen-bond donors (Lipinski definition) is 0. The molecule has 0 aliphatic heterocycles. The Balaban J connectivity index is 0.000000307. The smallest absolute Gasteiger partial charge is 0.184 e. The minimum Gasteiger partial charge on any atom is -0.184 e. The van der Waals surface area contributed by atoms with E-state index in [1.54, 1.807) is 0 Å². The summed E-state index contributed by atoms with van der Waals surface area (Å²) in [7, 11) is 0. The summed E-state index contributed by atoms with van der Waals surface area (Å²) in [5, 5.41) is 0. The van der Waals surface area contributed by atoms with Crippen LogP contribution in [0.3, 0.4) is 0 Å². The van der Waals surface area contributed by atoms with Crippen LogP contribution in [0.2, 0.25) is 0 Å². The normalized spacial score (nSPS) is 14.5. The third kappa shape index (κ3) is 16.5. The quantitative estimate of drug-likeness (QED) is 0.500. The van der Waals surface area contributed by atoms with Crippen molar-refractivity contribution in [1.29, 1.82) is 0 Å². The standard InChI is InChI=1S/2C7H7.2C5H5.Zr/c2*1-7-5-3-2-4-6-7;2*1-2-4-5-3-1;/h2*3-6H,1H3;2*1-5H;/q2*-1;;;+2. The fraction of sp³-hybridized carbons (Fsp3) is 0.0833. The summed E-state index contributed by atoms with van der Waals surface area (Å²) in [5.74, 6) is 0. The molecule has 2 aromatic carbocycles. The largest absolute Gasteiger partial charge is 2.00 e. The van der Waals surface area contributed by atoms with E-state index >= 15 is 0 Å². The first-order valence-corrected chi connectivity index (χ1v) is 7.98. The SMILES string of the molecule is Cc1cc[c-]cc1.Cc1cc[c-]cc1.[CH]1[CH][CH][CH][CH]1.[CH]1[CH][CH][CH][CH]1.[Zr+2]. The fourth-order valence-corrected chi connectivity index (χ4v) is 1.58. The monoisotopic (exact) mass is 402 g/mol. The number of benzene rings is 2. The molecule has 2 aromatic rings. The van der Waals surface area contributed by atoms with Crippen molar-refractivity contribution in [2.45, 2.75) is 13.8 Å². The Bertz CT molecular complexity index is 407. The van der Waals surface area contributed by atoms with Gasteiger partial charge in [0.1, 0.15) is 0 Å². The first kappa shape index (κ1) is 24.3. The number of hydrogen-bond acceptors (Lipinski definition) is 0. The van der Waals surface area contributed by atoms with Gasteiger partial charge < -0.3 is 0 Å². The van der Waals surface area contributed by atoms with Crippen LogP contribution in [0.4, 0.5) is 0 Å². The molecular formula is C24H24Zr. The van der Waals surface area contributed by atoms with Crippen LogP contribution >= 0.6 is 0 Å². The van der Waals surface area contributed by atoms with E-state index in [0.29, 0.717) is 0 Å². The van der Waals surface area contributed by atoms with Gasteiger partial charge in [0.25, 0.3) is 0 Å². The van der Waals surface area contributed by atoms with Crippen molar-refractivity contribution in [3.63, 3.8) is 0 Å². The van der Waals surface area contributed by atoms with Gasteiger partial charge in [0.2, 0.25) is 0 Å². The van der Waals surface area contributed by atoms with Gasteiger partial charge in [0.15, 0.2) is 0 Å². The van der Waals surface area contributed by atoms with E-state index in [2.05, 4.69) is 26.0 Å². The summed E-state index contributed by atoms with van der Waals surface area (Å²) >= 11 is 0. The van der Waals surface area contributed by atoms with Gasteiger partial charge in [0, 0.05) is 0 Å². The van der Waals surface area contributed by atoms with E-state index < -0.39 is 0 Å². The van der Waals surface area contributed by atoms with Crippen molar-refractivity contribution in [3.8, 4) is 0 Å². The molecule has 0 spiro atoms. The second-order valence-electron chi connectivity index (χ2n) is 5.08. The molecule has 0 atom stereocenters. The zero-order valence-electron chi connectivity index (χ0n) is 14.9. The van der Waals surface area contributed by atoms with Crippen LogP contribution in [-0.2, 0) is 26.2 Å². The molecule has 0 unspecified atom stereocenters. The zero-order valence-corrected chi connectivity index (χ0v) is 17.4. The fourth-order valence-electron chi connectivity index (χ4n) is 1.58. The van der Waals surface area contributed by atoms with Crippen LogP contribution < -0.4 is 0 Å². The van der Waals surface area contributed by atoms with Gasteiger partial charge in [0.05, 0.1) is 0 Å². The molecule has 2 saturated carbocycles. The second kappa shape index (κ2) is 18.1. The molecule has 4 rings (SSSR count). The van der Waals surface area contributed by atoms with Crippen LogP contribution in [-0.4, -0.2) is 0 Å². The molecule has 0 saturated heterocycles. The number of aryl methyl sites for hydroxylation is 2. The zero-order chi connectivity index (χ0) is 17.3. The molecule has 0 N–H and O–H groups in total. The van der Waals surface area contributed by atoms with Gasteiger partial charge in [-0.3, -0.25) is 0 Å². The average Bonchev–Trinajstić information content (AvgIpc) is 3.36. The van der Waals surface area contributed by atoms with Gasteiger partial charge in [-0.05, 0) is 64.2 Å². The van der Waals surface area contributed by atoms with Crippen molar-refractivity contribution in [3.05, 3.63) is 136 Å². The van der Waals surface area contributed by atoms with Gasteiger partial charge in [-0.1, -0.05) is 13.8 Å². The van der Waals surface area contributed by atoms with Crippen molar-refractivity contribution in [2.75, 3.05) is 0 Å². The van der Waals surface area contributed by atoms with Gasteiger partial charge >= 0.3 is 26.2 Å². The molecule has 25 heavy (non-hydrogen) atoms. The van der Waals surface area contributed by atoms with E-state index in [1.165, 1.54) is 11.1 Å². The second-order valence-corrected chi connectivity index (χ2v) is 5.08. The van der Waals surface area contributed by atoms with Crippen molar-refractivity contribution < 1.29 is 26.2 Å². The Morgan fingerprint density at radius 1 is 0.440 bits per heavy atom. The summed E-state index contributed by atoms with van der Waals surface area (Å²) in [6.07, 6.45) is 20.0. The molecule has 124 valence electrons. The summed E-state index contributed by atoms with van der Waals surface area (Å²) in [5.41, 5.74) is 2.58. The predicted molar refractivity (Wildman–Crippen MR) is 103 cm³/mol. The average molecular weight is 404 g/mol. The van der Waals surface area contributed by atoms with Crippen molar-refractivity contribution in [2.24, 2.45) is 0 Å². The van der Waals surface area contributed by atoms with E-state index in [-0.39, 0.29) is 26.2 Å². The third-order valence-electron chi connectivity index (χ3n) is 2.88. The molecular weight excluding hydrogens is 379 g/mol. The molecule has 0 amide bonds. The summed E-state index contributed by atoms with van der Waals surface area (Å²) in [4.78, 5) is 0. The Hall–Kier alpha value is -0.677. The Labute approximate surface area is 175 Å². The summed E-state index contributed by atoms with van der Waals surface area (Å²) < 4.78 is 0. The van der Waals surface area contributed by atoms with Crippen LogP contribution in [0.15, 0.2) is 48.5 Å². The Morgan fingerprint density at radius 3 is 0.760 bits per heavy atom. The maximum Gasteiger partial charge on any atom is 2.00 e. The third-order valence-corrected chi connectivity index (χ3v) is 2.88. The molecule has 2 aliphatic rings. The van der Waals surface area contributed by atoms with E-state index in [4.69, 9.17) is 0 Å². The van der Waals surface area contributed by atoms with Crippen LogP contribution in [0.1, 0.15) is 11.1 Å². The van der Waals surface area contributed by atoms with Gasteiger partial charge in [-0.15, -0.1) is 0 Å². The van der Waals surface area contributed by atoms with E-state index in [9.17, 15) is 0 Å². The van der Waals surface area contributed by atoms with Crippen LogP contribution in [0.25, 0.3) is 0 Å². The Morgan fingerprint density at radius 2 is 0.640 bits per heavy atom. The topological polar surface area (TPSA) is 0 Å². The molecule has 0 heterocycles. The van der Waals surface area contributed by atoms with E-state index in [1.807, 2.05) is 113 Å². The van der Waals surface area contributed by atoms with Crippen molar-refractivity contribution in [1.82, 2.24) is 0 Å². The molecule has 10 radical (unpaired) electrons. The minimum absolute atomic E-state index is 0. The first-order valence-electron chi connectivity index (χ1n) is 7.98. The summed E-state index contributed by atoms with van der Waals surface area (Å²) in [6, 6.07) is 21.6. The molecule has 1 heteroatoms. The summed E-state index contributed by atoms with van der Waals surface area (Å²) in [6.45, 7) is 4.13. The maximum absolute atomic E-state index is 2.93. The molecule has 0 bridgehead atoms. The van der Waals surface area contributed by atoms with E-state index in [0.717, 1.165) is 0 Å². The predicted octanol–water partition coefficient (Wildman–Crippen LogP) is 5.63. The molecule has 0 aromatic heterocycles. The maximum atomic E-state index is 2.93. The van der Waals surface area contributed by atoms with Crippen LogP contribution in [0, 0.1) is 90.2 Å². The van der Waals surface area contributed by atoms with Gasteiger partial charge in [-0.2, -0.15) is 71.8 Å². The van der Waals surface area contributed by atoms with Crippen molar-refractivity contribution >= 4 is 0 Å².